The first kappa shape index (κ1) is 18.4. The summed E-state index contributed by atoms with van der Waals surface area (Å²) in [6, 6.07) is 13.0. The zero-order valence-corrected chi connectivity index (χ0v) is 15.1. The fourth-order valence-corrected chi connectivity index (χ4v) is 2.77. The van der Waals surface area contributed by atoms with Crippen LogP contribution in [0.1, 0.15) is 36.3 Å². The van der Waals surface area contributed by atoms with Gasteiger partial charge in [-0.15, -0.1) is 0 Å². The summed E-state index contributed by atoms with van der Waals surface area (Å²) in [6.07, 6.45) is 0.705. The van der Waals surface area contributed by atoms with Gasteiger partial charge in [-0.3, -0.25) is 9.59 Å². The number of carbonyl (C=O) groups is 1. The Labute approximate surface area is 155 Å². The number of rotatable bonds is 5. The number of nitrogens with zero attached hydrogens (tertiary/aromatic N) is 3. The number of hydrogen-bond acceptors (Lipinski definition) is 4. The number of amides is 1. The second-order valence-electron chi connectivity index (χ2n) is 6.04. The summed E-state index contributed by atoms with van der Waals surface area (Å²) < 4.78 is 15.1. The molecule has 0 saturated heterocycles. The molecule has 0 radical (unpaired) electrons. The van der Waals surface area contributed by atoms with Gasteiger partial charge in [-0.25, -0.2) is 14.5 Å². The van der Waals surface area contributed by atoms with E-state index in [1.807, 2.05) is 6.92 Å². The number of benzene rings is 2. The largest absolute Gasteiger partial charge is 0.292 e. The van der Waals surface area contributed by atoms with Crippen LogP contribution >= 0.6 is 0 Å². The second kappa shape index (κ2) is 7.90. The van der Waals surface area contributed by atoms with Crippen molar-refractivity contribution in [3.63, 3.8) is 0 Å². The lowest BCUT2D eigenvalue weighted by molar-refractivity contribution is 0.0949. The number of nitrogens with one attached hydrogen (secondary N) is 1. The average Bonchev–Trinajstić information content (AvgIpc) is 2.68. The normalized spacial score (nSPS) is 11.6. The molecule has 3 rings (SSSR count). The molecule has 2 aromatic carbocycles. The molecule has 138 valence electrons. The molecule has 0 atom stereocenters. The van der Waals surface area contributed by atoms with Gasteiger partial charge in [0.15, 0.2) is 5.69 Å². The van der Waals surface area contributed by atoms with Gasteiger partial charge < -0.3 is 0 Å². The molecule has 1 heterocycles. The molecule has 0 saturated carbocycles. The van der Waals surface area contributed by atoms with E-state index in [9.17, 15) is 14.0 Å². The number of hydrogen-bond donors (Lipinski definition) is 1. The highest BCUT2D eigenvalue weighted by atomic mass is 19.1. The van der Waals surface area contributed by atoms with Crippen LogP contribution in [0.5, 0.6) is 0 Å². The Kier molecular flexibility index (Phi) is 5.40. The topological polar surface area (TPSA) is 76.3 Å². The van der Waals surface area contributed by atoms with E-state index in [-0.39, 0.29) is 11.3 Å². The van der Waals surface area contributed by atoms with Crippen molar-refractivity contribution < 1.29 is 9.18 Å². The minimum atomic E-state index is -0.563. The highest BCUT2D eigenvalue weighted by Gasteiger charge is 2.16. The van der Waals surface area contributed by atoms with Gasteiger partial charge in [-0.2, -0.15) is 10.2 Å². The first-order chi connectivity index (χ1) is 13.0. The van der Waals surface area contributed by atoms with Gasteiger partial charge in [-0.1, -0.05) is 43.3 Å². The van der Waals surface area contributed by atoms with E-state index in [0.29, 0.717) is 35.0 Å². The Morgan fingerprint density at radius 2 is 1.81 bits per heavy atom. The zero-order chi connectivity index (χ0) is 19.4. The predicted molar refractivity (Wildman–Crippen MR) is 102 cm³/mol. The molecule has 1 aromatic heterocycles. The SMILES string of the molecule is CCCn1nc(C(=O)N/N=C(/C)c2ccccc2F)c2ccccc2c1=O. The average molecular weight is 366 g/mol. The Morgan fingerprint density at radius 3 is 2.52 bits per heavy atom. The van der Waals surface area contributed by atoms with E-state index in [1.54, 1.807) is 49.4 Å². The summed E-state index contributed by atoms with van der Waals surface area (Å²) in [5.74, 6) is -0.986. The van der Waals surface area contributed by atoms with Crippen LogP contribution < -0.4 is 11.0 Å². The van der Waals surface area contributed by atoms with Crippen molar-refractivity contribution in [2.24, 2.45) is 5.10 Å². The third-order valence-corrected chi connectivity index (χ3v) is 4.11. The van der Waals surface area contributed by atoms with Crippen LogP contribution in [0, 0.1) is 5.82 Å². The molecule has 0 unspecified atom stereocenters. The van der Waals surface area contributed by atoms with Gasteiger partial charge in [0.25, 0.3) is 11.5 Å². The molecule has 0 aliphatic heterocycles. The third kappa shape index (κ3) is 3.76. The van der Waals surface area contributed by atoms with E-state index in [4.69, 9.17) is 0 Å². The maximum absolute atomic E-state index is 13.8. The summed E-state index contributed by atoms with van der Waals surface area (Å²) in [5, 5.41) is 9.06. The molecule has 27 heavy (non-hydrogen) atoms. The van der Waals surface area contributed by atoms with Gasteiger partial charge in [0, 0.05) is 17.5 Å². The molecule has 1 N–H and O–H groups in total. The molecule has 1 amide bonds. The van der Waals surface area contributed by atoms with Crippen molar-refractivity contribution >= 4 is 22.4 Å². The number of carbonyl (C=O) groups excluding carboxylic acids is 1. The van der Waals surface area contributed by atoms with Crippen LogP contribution in [-0.2, 0) is 6.54 Å². The first-order valence-electron chi connectivity index (χ1n) is 8.62. The van der Waals surface area contributed by atoms with E-state index >= 15 is 0 Å². The van der Waals surface area contributed by atoms with Crippen molar-refractivity contribution in [3.8, 4) is 0 Å². The molecule has 0 bridgehead atoms. The van der Waals surface area contributed by atoms with Gasteiger partial charge in [0.05, 0.1) is 11.1 Å². The fraction of sp³-hybridized carbons (Fsp3) is 0.200. The molecule has 0 spiro atoms. The standard InChI is InChI=1S/C20H19FN4O2/c1-3-12-25-20(27)16-10-5-4-9-15(16)18(24-25)19(26)23-22-13(2)14-8-6-7-11-17(14)21/h4-11H,3,12H2,1-2H3,(H,23,26)/b22-13-. The fourth-order valence-electron chi connectivity index (χ4n) is 2.77. The number of aryl methyl sites for hydroxylation is 1. The number of hydrazone groups is 1. The predicted octanol–water partition coefficient (Wildman–Crippen LogP) is 3.10. The minimum absolute atomic E-state index is 0.101. The number of aromatic nitrogens is 2. The zero-order valence-electron chi connectivity index (χ0n) is 15.1. The lowest BCUT2D eigenvalue weighted by Gasteiger charge is -2.09. The van der Waals surface area contributed by atoms with Crippen molar-refractivity contribution in [2.45, 2.75) is 26.8 Å². The third-order valence-electron chi connectivity index (χ3n) is 4.11. The van der Waals surface area contributed by atoms with Crippen LogP contribution in [0.15, 0.2) is 58.4 Å². The Bertz CT molecular complexity index is 1090. The Balaban J connectivity index is 1.98. The van der Waals surface area contributed by atoms with Gasteiger partial charge >= 0.3 is 0 Å². The molecule has 3 aromatic rings. The van der Waals surface area contributed by atoms with Crippen molar-refractivity contribution in [1.29, 1.82) is 0 Å². The van der Waals surface area contributed by atoms with Crippen molar-refractivity contribution in [1.82, 2.24) is 15.2 Å². The molecular weight excluding hydrogens is 347 g/mol. The minimum Gasteiger partial charge on any atom is -0.267 e. The Hall–Kier alpha value is -3.35. The van der Waals surface area contributed by atoms with Crippen LogP contribution in [0.4, 0.5) is 4.39 Å². The highest BCUT2D eigenvalue weighted by molar-refractivity contribution is 6.06. The van der Waals surface area contributed by atoms with Crippen LogP contribution in [0.2, 0.25) is 0 Å². The summed E-state index contributed by atoms with van der Waals surface area (Å²) in [4.78, 5) is 25.1. The number of halogens is 1. The van der Waals surface area contributed by atoms with E-state index in [2.05, 4.69) is 15.6 Å². The van der Waals surface area contributed by atoms with E-state index in [1.165, 1.54) is 10.7 Å². The lowest BCUT2D eigenvalue weighted by Crippen LogP contribution is -2.29. The van der Waals surface area contributed by atoms with E-state index < -0.39 is 11.7 Å². The van der Waals surface area contributed by atoms with Crippen LogP contribution in [0.3, 0.4) is 0 Å². The molecule has 0 aliphatic rings. The van der Waals surface area contributed by atoms with E-state index in [0.717, 1.165) is 0 Å². The van der Waals surface area contributed by atoms with Gasteiger partial charge in [0.2, 0.25) is 0 Å². The van der Waals surface area contributed by atoms with Crippen molar-refractivity contribution in [3.05, 3.63) is 76.0 Å². The summed E-state index contributed by atoms with van der Waals surface area (Å²) >= 11 is 0. The van der Waals surface area contributed by atoms with Crippen LogP contribution in [0.25, 0.3) is 10.8 Å². The van der Waals surface area contributed by atoms with Gasteiger partial charge in [-0.05, 0) is 25.5 Å². The summed E-state index contributed by atoms with van der Waals surface area (Å²) in [6.45, 7) is 3.93. The second-order valence-corrected chi connectivity index (χ2v) is 6.04. The molecular formula is C20H19FN4O2. The lowest BCUT2D eigenvalue weighted by atomic mass is 10.1. The van der Waals surface area contributed by atoms with Crippen LogP contribution in [-0.4, -0.2) is 21.4 Å². The molecule has 0 aliphatic carbocycles. The highest BCUT2D eigenvalue weighted by Crippen LogP contribution is 2.13. The quantitative estimate of drug-likeness (QED) is 0.557. The first-order valence-corrected chi connectivity index (χ1v) is 8.62. The Morgan fingerprint density at radius 1 is 1.15 bits per heavy atom. The summed E-state index contributed by atoms with van der Waals surface area (Å²) in [5.41, 5.74) is 2.89. The molecule has 0 fully saturated rings. The number of fused-ring (bicyclic) bond motifs is 1. The maximum Gasteiger partial charge on any atom is 0.292 e. The molecule has 6 nitrogen and oxygen atoms in total. The summed E-state index contributed by atoms with van der Waals surface area (Å²) in [7, 11) is 0. The molecule has 7 heteroatoms. The maximum atomic E-state index is 13.8. The van der Waals surface area contributed by atoms with Crippen molar-refractivity contribution in [2.75, 3.05) is 0 Å². The van der Waals surface area contributed by atoms with Gasteiger partial charge in [0.1, 0.15) is 5.82 Å². The smallest absolute Gasteiger partial charge is 0.267 e. The monoisotopic (exact) mass is 366 g/mol.